The zero-order chi connectivity index (χ0) is 14.8. The van der Waals surface area contributed by atoms with Gasteiger partial charge >= 0.3 is 0 Å². The van der Waals surface area contributed by atoms with Crippen LogP contribution in [-0.2, 0) is 12.8 Å². The molecule has 0 spiro atoms. The van der Waals surface area contributed by atoms with Gasteiger partial charge in [0.05, 0.1) is 5.60 Å². The second-order valence-electron chi connectivity index (χ2n) is 5.23. The highest BCUT2D eigenvalue weighted by Gasteiger charge is 2.22. The van der Waals surface area contributed by atoms with Gasteiger partial charge in [-0.05, 0) is 42.3 Å². The van der Waals surface area contributed by atoms with Gasteiger partial charge in [-0.3, -0.25) is 0 Å². The van der Waals surface area contributed by atoms with E-state index in [2.05, 4.69) is 0 Å². The molecule has 1 unspecified atom stereocenters. The van der Waals surface area contributed by atoms with E-state index in [1.807, 2.05) is 0 Å². The second-order valence-corrected chi connectivity index (χ2v) is 5.23. The van der Waals surface area contributed by atoms with Crippen molar-refractivity contribution in [3.63, 3.8) is 0 Å². The lowest BCUT2D eigenvalue weighted by atomic mass is 9.90. The van der Waals surface area contributed by atoms with Gasteiger partial charge in [-0.15, -0.1) is 0 Å². The van der Waals surface area contributed by atoms with Crippen molar-refractivity contribution < 1.29 is 18.3 Å². The second kappa shape index (κ2) is 5.67. The molecular weight excluding hydrogens is 265 g/mol. The molecule has 0 radical (unpaired) electrons. The fraction of sp³-hybridized carbons (Fsp3) is 0.250. The Morgan fingerprint density at radius 1 is 0.900 bits per heavy atom. The molecule has 0 aliphatic rings. The number of benzene rings is 2. The molecule has 1 atom stereocenters. The van der Waals surface area contributed by atoms with Gasteiger partial charge in [0.25, 0.3) is 0 Å². The SMILES string of the molecule is CC(O)(Cc1cccc(F)c1)Cc1ccc(F)c(F)c1. The van der Waals surface area contributed by atoms with Crippen LogP contribution in [0.1, 0.15) is 18.1 Å². The first-order valence-corrected chi connectivity index (χ1v) is 6.26. The summed E-state index contributed by atoms with van der Waals surface area (Å²) in [5, 5.41) is 10.3. The van der Waals surface area contributed by atoms with E-state index in [9.17, 15) is 18.3 Å². The normalized spacial score (nSPS) is 14.1. The van der Waals surface area contributed by atoms with Gasteiger partial charge < -0.3 is 5.11 Å². The van der Waals surface area contributed by atoms with E-state index in [1.165, 1.54) is 18.2 Å². The van der Waals surface area contributed by atoms with Crippen LogP contribution in [0.3, 0.4) is 0 Å². The van der Waals surface area contributed by atoms with Crippen molar-refractivity contribution in [3.8, 4) is 0 Å². The molecular formula is C16H15F3O. The molecule has 106 valence electrons. The van der Waals surface area contributed by atoms with Gasteiger partial charge in [-0.2, -0.15) is 0 Å². The maximum Gasteiger partial charge on any atom is 0.159 e. The van der Waals surface area contributed by atoms with E-state index in [-0.39, 0.29) is 18.7 Å². The van der Waals surface area contributed by atoms with Crippen molar-refractivity contribution >= 4 is 0 Å². The Labute approximate surface area is 115 Å². The van der Waals surface area contributed by atoms with Gasteiger partial charge in [0.2, 0.25) is 0 Å². The van der Waals surface area contributed by atoms with Gasteiger partial charge in [0, 0.05) is 12.8 Å². The van der Waals surface area contributed by atoms with E-state index in [1.54, 1.807) is 19.1 Å². The Morgan fingerprint density at radius 3 is 2.15 bits per heavy atom. The third-order valence-corrected chi connectivity index (χ3v) is 3.04. The van der Waals surface area contributed by atoms with Crippen LogP contribution in [0.15, 0.2) is 42.5 Å². The summed E-state index contributed by atoms with van der Waals surface area (Å²) in [6, 6.07) is 9.48. The molecule has 0 aliphatic carbocycles. The maximum atomic E-state index is 13.1. The topological polar surface area (TPSA) is 20.2 Å². The van der Waals surface area contributed by atoms with Gasteiger partial charge in [0.1, 0.15) is 5.82 Å². The van der Waals surface area contributed by atoms with Crippen LogP contribution in [0.5, 0.6) is 0 Å². The predicted octanol–water partition coefficient (Wildman–Crippen LogP) is 3.64. The lowest BCUT2D eigenvalue weighted by Gasteiger charge is -2.23. The molecule has 0 heterocycles. The molecule has 0 fully saturated rings. The van der Waals surface area contributed by atoms with Crippen LogP contribution < -0.4 is 0 Å². The summed E-state index contributed by atoms with van der Waals surface area (Å²) >= 11 is 0. The number of halogens is 3. The molecule has 1 N–H and O–H groups in total. The highest BCUT2D eigenvalue weighted by atomic mass is 19.2. The minimum atomic E-state index is -1.17. The first-order valence-electron chi connectivity index (χ1n) is 6.26. The van der Waals surface area contributed by atoms with E-state index in [0.717, 1.165) is 12.1 Å². The number of aliphatic hydroxyl groups is 1. The molecule has 0 bridgehead atoms. The Bertz CT molecular complexity index is 608. The van der Waals surface area contributed by atoms with Gasteiger partial charge in [-0.1, -0.05) is 18.2 Å². The Kier molecular flexibility index (Phi) is 4.14. The minimum absolute atomic E-state index is 0.153. The largest absolute Gasteiger partial charge is 0.389 e. The first-order chi connectivity index (χ1) is 9.35. The third-order valence-electron chi connectivity index (χ3n) is 3.04. The zero-order valence-corrected chi connectivity index (χ0v) is 11.0. The van der Waals surface area contributed by atoms with Crippen molar-refractivity contribution in [3.05, 3.63) is 71.0 Å². The highest BCUT2D eigenvalue weighted by Crippen LogP contribution is 2.20. The summed E-state index contributed by atoms with van der Waals surface area (Å²) in [7, 11) is 0. The summed E-state index contributed by atoms with van der Waals surface area (Å²) < 4.78 is 39.1. The number of hydrogen-bond donors (Lipinski definition) is 1. The molecule has 0 amide bonds. The minimum Gasteiger partial charge on any atom is -0.389 e. The Balaban J connectivity index is 2.12. The van der Waals surface area contributed by atoms with Crippen LogP contribution in [0.2, 0.25) is 0 Å². The van der Waals surface area contributed by atoms with Crippen molar-refractivity contribution in [2.75, 3.05) is 0 Å². The lowest BCUT2D eigenvalue weighted by Crippen LogP contribution is -2.30. The fourth-order valence-electron chi connectivity index (χ4n) is 2.24. The molecule has 20 heavy (non-hydrogen) atoms. The zero-order valence-electron chi connectivity index (χ0n) is 11.0. The third kappa shape index (κ3) is 3.84. The van der Waals surface area contributed by atoms with Crippen molar-refractivity contribution in [2.24, 2.45) is 0 Å². The molecule has 2 aromatic carbocycles. The van der Waals surface area contributed by atoms with Crippen LogP contribution in [0, 0.1) is 17.5 Å². The predicted molar refractivity (Wildman–Crippen MR) is 70.8 cm³/mol. The number of hydrogen-bond acceptors (Lipinski definition) is 1. The van der Waals surface area contributed by atoms with Crippen LogP contribution >= 0.6 is 0 Å². The molecule has 4 heteroatoms. The fourth-order valence-corrected chi connectivity index (χ4v) is 2.24. The molecule has 2 aromatic rings. The molecule has 0 saturated heterocycles. The lowest BCUT2D eigenvalue weighted by molar-refractivity contribution is 0.0607. The molecule has 0 saturated carbocycles. The highest BCUT2D eigenvalue weighted by molar-refractivity contribution is 5.22. The summed E-state index contributed by atoms with van der Waals surface area (Å²) in [6.07, 6.45) is 0.379. The Morgan fingerprint density at radius 2 is 1.55 bits per heavy atom. The average Bonchev–Trinajstić information content (AvgIpc) is 2.33. The Hall–Kier alpha value is -1.81. The van der Waals surface area contributed by atoms with Gasteiger partial charge in [-0.25, -0.2) is 13.2 Å². The molecule has 1 nitrogen and oxygen atoms in total. The molecule has 2 rings (SSSR count). The number of rotatable bonds is 4. The quantitative estimate of drug-likeness (QED) is 0.906. The summed E-state index contributed by atoms with van der Waals surface area (Å²) in [5.74, 6) is -2.23. The first kappa shape index (κ1) is 14.6. The average molecular weight is 280 g/mol. The van der Waals surface area contributed by atoms with Gasteiger partial charge in [0.15, 0.2) is 11.6 Å². The van der Waals surface area contributed by atoms with Crippen LogP contribution in [0.4, 0.5) is 13.2 Å². The van der Waals surface area contributed by atoms with Crippen molar-refractivity contribution in [1.82, 2.24) is 0 Å². The standard InChI is InChI=1S/C16H15F3O/c1-16(20,9-11-3-2-4-13(17)7-11)10-12-5-6-14(18)15(19)8-12/h2-8,20H,9-10H2,1H3. The monoisotopic (exact) mass is 280 g/mol. The van der Waals surface area contributed by atoms with E-state index in [0.29, 0.717) is 11.1 Å². The van der Waals surface area contributed by atoms with Crippen molar-refractivity contribution in [2.45, 2.75) is 25.4 Å². The van der Waals surface area contributed by atoms with Crippen LogP contribution in [0.25, 0.3) is 0 Å². The van der Waals surface area contributed by atoms with E-state index >= 15 is 0 Å². The van der Waals surface area contributed by atoms with E-state index < -0.39 is 17.2 Å². The maximum absolute atomic E-state index is 13.1. The molecule has 0 aromatic heterocycles. The summed E-state index contributed by atoms with van der Waals surface area (Å²) in [4.78, 5) is 0. The van der Waals surface area contributed by atoms with Crippen molar-refractivity contribution in [1.29, 1.82) is 0 Å². The summed E-state index contributed by atoms with van der Waals surface area (Å²) in [6.45, 7) is 1.58. The van der Waals surface area contributed by atoms with E-state index in [4.69, 9.17) is 0 Å². The summed E-state index contributed by atoms with van der Waals surface area (Å²) in [5.41, 5.74) is -0.0270. The van der Waals surface area contributed by atoms with Crippen LogP contribution in [-0.4, -0.2) is 10.7 Å². The molecule has 0 aliphatic heterocycles. The smallest absolute Gasteiger partial charge is 0.159 e.